The highest BCUT2D eigenvalue weighted by Crippen LogP contribution is 2.22. The number of aromatic nitrogens is 1. The molecule has 2 heterocycles. The normalized spacial score (nSPS) is 11.3. The van der Waals surface area contributed by atoms with Crippen LogP contribution in [0, 0.1) is 0 Å². The SMILES string of the molecule is CS(=O)(=O)c1ccc(Nc2nc(CC(=O)NCc3ccco3)cs2)cc1. The van der Waals surface area contributed by atoms with E-state index in [1.807, 2.05) is 0 Å². The molecular formula is C17H17N3O4S2. The molecule has 0 spiro atoms. The summed E-state index contributed by atoms with van der Waals surface area (Å²) in [5.74, 6) is 0.548. The third-order valence-electron chi connectivity index (χ3n) is 3.47. The third kappa shape index (κ3) is 4.93. The molecule has 0 aliphatic carbocycles. The van der Waals surface area contributed by atoms with Crippen molar-refractivity contribution in [1.82, 2.24) is 10.3 Å². The predicted octanol–water partition coefficient (Wildman–Crippen LogP) is 2.74. The first kappa shape index (κ1) is 18.2. The number of sulfone groups is 1. The molecule has 0 unspecified atom stereocenters. The average Bonchev–Trinajstić information content (AvgIpc) is 3.25. The molecule has 3 rings (SSSR count). The van der Waals surface area contributed by atoms with Crippen LogP contribution < -0.4 is 10.6 Å². The van der Waals surface area contributed by atoms with Gasteiger partial charge in [0.05, 0.1) is 29.8 Å². The highest BCUT2D eigenvalue weighted by Gasteiger charge is 2.10. The maximum absolute atomic E-state index is 11.9. The number of benzene rings is 1. The summed E-state index contributed by atoms with van der Waals surface area (Å²) >= 11 is 1.37. The van der Waals surface area contributed by atoms with Gasteiger partial charge in [-0.05, 0) is 36.4 Å². The number of thiazole rings is 1. The van der Waals surface area contributed by atoms with Gasteiger partial charge in [-0.15, -0.1) is 11.3 Å². The molecule has 0 saturated heterocycles. The second-order valence-electron chi connectivity index (χ2n) is 5.60. The van der Waals surface area contributed by atoms with Crippen molar-refractivity contribution in [3.05, 3.63) is 59.5 Å². The van der Waals surface area contributed by atoms with Gasteiger partial charge in [0.2, 0.25) is 5.91 Å². The van der Waals surface area contributed by atoms with E-state index in [1.54, 1.807) is 35.9 Å². The molecule has 7 nitrogen and oxygen atoms in total. The van der Waals surface area contributed by atoms with Crippen LogP contribution in [0.1, 0.15) is 11.5 Å². The van der Waals surface area contributed by atoms with Crippen LogP contribution in [0.25, 0.3) is 0 Å². The third-order valence-corrected chi connectivity index (χ3v) is 5.40. The maximum atomic E-state index is 11.9. The Hall–Kier alpha value is -2.65. The van der Waals surface area contributed by atoms with Crippen LogP contribution in [0.3, 0.4) is 0 Å². The van der Waals surface area contributed by atoms with Crippen LogP contribution in [-0.2, 0) is 27.6 Å². The van der Waals surface area contributed by atoms with Gasteiger partial charge in [0.1, 0.15) is 5.76 Å². The Balaban J connectivity index is 1.55. The molecule has 0 bridgehead atoms. The fourth-order valence-electron chi connectivity index (χ4n) is 2.18. The topological polar surface area (TPSA) is 101 Å². The van der Waals surface area contributed by atoms with Gasteiger partial charge in [-0.1, -0.05) is 0 Å². The second kappa shape index (κ2) is 7.71. The summed E-state index contributed by atoms with van der Waals surface area (Å²) in [5.41, 5.74) is 1.38. The van der Waals surface area contributed by atoms with E-state index in [-0.39, 0.29) is 17.2 Å². The van der Waals surface area contributed by atoms with Crippen molar-refractivity contribution in [1.29, 1.82) is 0 Å². The largest absolute Gasteiger partial charge is 0.467 e. The molecule has 2 N–H and O–H groups in total. The smallest absolute Gasteiger partial charge is 0.226 e. The maximum Gasteiger partial charge on any atom is 0.226 e. The van der Waals surface area contributed by atoms with Crippen LogP contribution >= 0.6 is 11.3 Å². The number of hydrogen-bond acceptors (Lipinski definition) is 7. The Morgan fingerprint density at radius 3 is 2.65 bits per heavy atom. The number of carbonyl (C=O) groups excluding carboxylic acids is 1. The number of nitrogens with zero attached hydrogens (tertiary/aromatic N) is 1. The zero-order valence-electron chi connectivity index (χ0n) is 13.9. The molecule has 0 saturated carbocycles. The first-order valence-corrected chi connectivity index (χ1v) is 10.5. The molecule has 0 aliphatic rings. The first-order chi connectivity index (χ1) is 12.4. The Morgan fingerprint density at radius 1 is 1.23 bits per heavy atom. The van der Waals surface area contributed by atoms with Crippen LogP contribution in [0.15, 0.2) is 57.4 Å². The monoisotopic (exact) mass is 391 g/mol. The standard InChI is InChI=1S/C17H17N3O4S2/c1-26(22,23)15-6-4-12(5-7-15)19-17-20-13(11-25-17)9-16(21)18-10-14-3-2-8-24-14/h2-8,11H,9-10H2,1H3,(H,18,21)(H,19,20). The molecule has 136 valence electrons. The summed E-state index contributed by atoms with van der Waals surface area (Å²) in [6, 6.07) is 9.98. The summed E-state index contributed by atoms with van der Waals surface area (Å²) in [6.07, 6.45) is 2.90. The fourth-order valence-corrected chi connectivity index (χ4v) is 3.54. The van der Waals surface area contributed by atoms with Crippen molar-refractivity contribution < 1.29 is 17.6 Å². The number of furan rings is 1. The Morgan fingerprint density at radius 2 is 2.00 bits per heavy atom. The fraction of sp³-hybridized carbons (Fsp3) is 0.176. The number of carbonyl (C=O) groups is 1. The van der Waals surface area contributed by atoms with Gasteiger partial charge in [0.15, 0.2) is 15.0 Å². The van der Waals surface area contributed by atoms with Gasteiger partial charge >= 0.3 is 0 Å². The van der Waals surface area contributed by atoms with E-state index < -0.39 is 9.84 Å². The minimum absolute atomic E-state index is 0.143. The summed E-state index contributed by atoms with van der Waals surface area (Å²) in [6.45, 7) is 0.341. The van der Waals surface area contributed by atoms with E-state index in [0.717, 1.165) is 5.69 Å². The summed E-state index contributed by atoms with van der Waals surface area (Å²) < 4.78 is 28.1. The lowest BCUT2D eigenvalue weighted by atomic mass is 10.3. The van der Waals surface area contributed by atoms with Crippen molar-refractivity contribution in [2.75, 3.05) is 11.6 Å². The van der Waals surface area contributed by atoms with Crippen LogP contribution in [0.4, 0.5) is 10.8 Å². The minimum atomic E-state index is -3.22. The van der Waals surface area contributed by atoms with Crippen molar-refractivity contribution >= 4 is 37.9 Å². The molecule has 1 aromatic carbocycles. The van der Waals surface area contributed by atoms with Gasteiger partial charge in [-0.3, -0.25) is 4.79 Å². The number of rotatable bonds is 7. The summed E-state index contributed by atoms with van der Waals surface area (Å²) in [4.78, 5) is 16.6. The van der Waals surface area contributed by atoms with E-state index in [4.69, 9.17) is 4.42 Å². The Kier molecular flexibility index (Phi) is 5.38. The zero-order chi connectivity index (χ0) is 18.6. The second-order valence-corrected chi connectivity index (χ2v) is 8.47. The van der Waals surface area contributed by atoms with Crippen molar-refractivity contribution in [2.45, 2.75) is 17.9 Å². The van der Waals surface area contributed by atoms with E-state index in [1.165, 1.54) is 29.7 Å². The van der Waals surface area contributed by atoms with Gasteiger partial charge in [-0.25, -0.2) is 13.4 Å². The number of amides is 1. The highest BCUT2D eigenvalue weighted by molar-refractivity contribution is 7.90. The Bertz CT molecular complexity index is 977. The number of hydrogen-bond donors (Lipinski definition) is 2. The average molecular weight is 391 g/mol. The van der Waals surface area contributed by atoms with E-state index >= 15 is 0 Å². The summed E-state index contributed by atoms with van der Waals surface area (Å²) in [5, 5.41) is 8.30. The Labute approximate surface area is 155 Å². The molecule has 0 aliphatic heterocycles. The highest BCUT2D eigenvalue weighted by atomic mass is 32.2. The first-order valence-electron chi connectivity index (χ1n) is 7.71. The van der Waals surface area contributed by atoms with Gasteiger partial charge in [0, 0.05) is 17.3 Å². The van der Waals surface area contributed by atoms with E-state index in [0.29, 0.717) is 23.1 Å². The minimum Gasteiger partial charge on any atom is -0.467 e. The zero-order valence-corrected chi connectivity index (χ0v) is 15.6. The van der Waals surface area contributed by atoms with Gasteiger partial charge in [0.25, 0.3) is 0 Å². The quantitative estimate of drug-likeness (QED) is 0.642. The van der Waals surface area contributed by atoms with Crippen molar-refractivity contribution in [3.63, 3.8) is 0 Å². The summed E-state index contributed by atoms with van der Waals surface area (Å²) in [7, 11) is -3.22. The molecule has 3 aromatic rings. The number of nitrogens with one attached hydrogen (secondary N) is 2. The molecule has 1 amide bonds. The number of anilines is 2. The molecule has 9 heteroatoms. The lowest BCUT2D eigenvalue weighted by Gasteiger charge is -2.04. The molecule has 0 radical (unpaired) electrons. The lowest BCUT2D eigenvalue weighted by Crippen LogP contribution is -2.24. The van der Waals surface area contributed by atoms with Gasteiger partial charge in [-0.2, -0.15) is 0 Å². The predicted molar refractivity (Wildman–Crippen MR) is 99.2 cm³/mol. The van der Waals surface area contributed by atoms with E-state index in [2.05, 4.69) is 15.6 Å². The van der Waals surface area contributed by atoms with Crippen LogP contribution in [0.5, 0.6) is 0 Å². The van der Waals surface area contributed by atoms with E-state index in [9.17, 15) is 13.2 Å². The molecule has 0 atom stereocenters. The van der Waals surface area contributed by atoms with Crippen molar-refractivity contribution in [3.8, 4) is 0 Å². The molecular weight excluding hydrogens is 374 g/mol. The van der Waals surface area contributed by atoms with Crippen LogP contribution in [-0.4, -0.2) is 25.6 Å². The molecule has 0 fully saturated rings. The molecule has 2 aromatic heterocycles. The molecule has 26 heavy (non-hydrogen) atoms. The van der Waals surface area contributed by atoms with Gasteiger partial charge < -0.3 is 15.1 Å². The van der Waals surface area contributed by atoms with Crippen LogP contribution in [0.2, 0.25) is 0 Å². The van der Waals surface area contributed by atoms with Crippen molar-refractivity contribution in [2.24, 2.45) is 0 Å². The lowest BCUT2D eigenvalue weighted by molar-refractivity contribution is -0.120.